The number of hydrogen-bond donors (Lipinski definition) is 2. The zero-order chi connectivity index (χ0) is 24.6. The molecule has 2 amide bonds. The monoisotopic (exact) mass is 467 g/mol. The van der Waals surface area contributed by atoms with Crippen molar-refractivity contribution in [3.05, 3.63) is 54.1 Å². The van der Waals surface area contributed by atoms with E-state index in [1.807, 2.05) is 29.2 Å². The highest BCUT2D eigenvalue weighted by molar-refractivity contribution is 5.96. The van der Waals surface area contributed by atoms with Crippen molar-refractivity contribution in [2.45, 2.75) is 65.7 Å². The smallest absolute Gasteiger partial charge is 0.253 e. The predicted octanol–water partition coefficient (Wildman–Crippen LogP) is 6.35. The minimum absolute atomic E-state index is 0.0344. The first-order chi connectivity index (χ1) is 16.6. The average molecular weight is 468 g/mol. The van der Waals surface area contributed by atoms with Crippen molar-refractivity contribution in [1.29, 1.82) is 0 Å². The maximum absolute atomic E-state index is 12.7. The second-order valence-corrected chi connectivity index (χ2v) is 8.56. The van der Waals surface area contributed by atoms with Crippen molar-refractivity contribution >= 4 is 23.2 Å². The van der Waals surface area contributed by atoms with Crippen LogP contribution in [0.4, 0.5) is 11.4 Å². The number of nitrogens with zero attached hydrogens (tertiary/aromatic N) is 1. The average Bonchev–Trinajstić information content (AvgIpc) is 2.85. The normalized spacial score (nSPS) is 10.6. The van der Waals surface area contributed by atoms with E-state index in [0.717, 1.165) is 50.4 Å². The van der Waals surface area contributed by atoms with Gasteiger partial charge >= 0.3 is 0 Å². The summed E-state index contributed by atoms with van der Waals surface area (Å²) in [7, 11) is 0. The Balaban J connectivity index is 1.74. The van der Waals surface area contributed by atoms with Crippen molar-refractivity contribution in [2.75, 3.05) is 36.9 Å². The summed E-state index contributed by atoms with van der Waals surface area (Å²) in [6, 6.07) is 14.8. The van der Waals surface area contributed by atoms with Crippen molar-refractivity contribution < 1.29 is 14.3 Å². The molecule has 0 aromatic heterocycles. The quantitative estimate of drug-likeness (QED) is 0.282. The molecule has 2 aromatic carbocycles. The summed E-state index contributed by atoms with van der Waals surface area (Å²) in [6.07, 6.45) is 7.95. The molecule has 34 heavy (non-hydrogen) atoms. The third-order valence-electron chi connectivity index (χ3n) is 5.51. The second kappa shape index (κ2) is 15.8. The van der Waals surface area contributed by atoms with E-state index in [4.69, 9.17) is 4.74 Å². The molecule has 6 nitrogen and oxygen atoms in total. The number of carbonyl (C=O) groups excluding carboxylic acids is 2. The van der Waals surface area contributed by atoms with Gasteiger partial charge in [0.05, 0.1) is 13.2 Å². The number of nitrogens with one attached hydrogen (secondary N) is 2. The fourth-order valence-corrected chi connectivity index (χ4v) is 3.69. The van der Waals surface area contributed by atoms with E-state index in [0.29, 0.717) is 11.3 Å². The topological polar surface area (TPSA) is 70.7 Å². The molecule has 2 aromatic rings. The van der Waals surface area contributed by atoms with Crippen molar-refractivity contribution in [1.82, 2.24) is 4.90 Å². The third kappa shape index (κ3) is 9.86. The van der Waals surface area contributed by atoms with E-state index in [1.54, 1.807) is 24.3 Å². The Bertz CT molecular complexity index is 844. The number of amides is 2. The van der Waals surface area contributed by atoms with E-state index in [2.05, 4.69) is 31.4 Å². The van der Waals surface area contributed by atoms with Crippen LogP contribution in [0.5, 0.6) is 5.75 Å². The fourth-order valence-electron chi connectivity index (χ4n) is 3.69. The van der Waals surface area contributed by atoms with Gasteiger partial charge in [-0.15, -0.1) is 0 Å². The van der Waals surface area contributed by atoms with Crippen LogP contribution in [0, 0.1) is 0 Å². The molecule has 0 heterocycles. The third-order valence-corrected chi connectivity index (χ3v) is 5.51. The molecule has 0 spiro atoms. The Hall–Kier alpha value is -3.02. The van der Waals surface area contributed by atoms with Crippen LogP contribution in [-0.2, 0) is 4.79 Å². The van der Waals surface area contributed by atoms with Gasteiger partial charge in [0, 0.05) is 30.0 Å². The summed E-state index contributed by atoms with van der Waals surface area (Å²) >= 11 is 0. The molecule has 0 fully saturated rings. The summed E-state index contributed by atoms with van der Waals surface area (Å²) in [6.45, 7) is 8.75. The van der Waals surface area contributed by atoms with Crippen LogP contribution in [0.15, 0.2) is 48.5 Å². The SMILES string of the molecule is CCCCCCCOc1ccc(NCC(=O)Nc2ccc(C(=O)N(CCC)CCC)cc2)cc1. The highest BCUT2D eigenvalue weighted by Gasteiger charge is 2.14. The molecule has 2 rings (SSSR count). The molecule has 6 heteroatoms. The Morgan fingerprint density at radius 1 is 0.765 bits per heavy atom. The number of benzene rings is 2. The van der Waals surface area contributed by atoms with Crippen molar-refractivity contribution in [3.8, 4) is 5.75 Å². The first-order valence-corrected chi connectivity index (χ1v) is 12.7. The highest BCUT2D eigenvalue weighted by atomic mass is 16.5. The summed E-state index contributed by atoms with van der Waals surface area (Å²) in [5.74, 6) is 0.730. The maximum atomic E-state index is 12.7. The molecule has 0 aliphatic carbocycles. The van der Waals surface area contributed by atoms with E-state index >= 15 is 0 Å². The van der Waals surface area contributed by atoms with Gasteiger partial charge in [0.15, 0.2) is 0 Å². The van der Waals surface area contributed by atoms with Gasteiger partial charge in [0.1, 0.15) is 5.75 Å². The lowest BCUT2D eigenvalue weighted by atomic mass is 10.1. The number of rotatable bonds is 16. The molecule has 0 radical (unpaired) electrons. The van der Waals surface area contributed by atoms with E-state index in [-0.39, 0.29) is 18.4 Å². The highest BCUT2D eigenvalue weighted by Crippen LogP contribution is 2.17. The van der Waals surface area contributed by atoms with Crippen molar-refractivity contribution in [2.24, 2.45) is 0 Å². The molecule has 186 valence electrons. The summed E-state index contributed by atoms with van der Waals surface area (Å²) < 4.78 is 5.78. The van der Waals surface area contributed by atoms with Crippen LogP contribution in [0.25, 0.3) is 0 Å². The van der Waals surface area contributed by atoms with Crippen LogP contribution < -0.4 is 15.4 Å². The lowest BCUT2D eigenvalue weighted by molar-refractivity contribution is -0.114. The van der Waals surface area contributed by atoms with Crippen LogP contribution in [0.1, 0.15) is 76.1 Å². The Morgan fingerprint density at radius 2 is 1.38 bits per heavy atom. The maximum Gasteiger partial charge on any atom is 0.253 e. The van der Waals surface area contributed by atoms with Gasteiger partial charge < -0.3 is 20.3 Å². The minimum Gasteiger partial charge on any atom is -0.494 e. The largest absolute Gasteiger partial charge is 0.494 e. The first-order valence-electron chi connectivity index (χ1n) is 12.7. The number of carbonyl (C=O) groups is 2. The lowest BCUT2D eigenvalue weighted by Gasteiger charge is -2.21. The zero-order valence-electron chi connectivity index (χ0n) is 21.1. The second-order valence-electron chi connectivity index (χ2n) is 8.56. The molecule has 0 atom stereocenters. The molecule has 0 bridgehead atoms. The van der Waals surface area contributed by atoms with Crippen LogP contribution >= 0.6 is 0 Å². The van der Waals surface area contributed by atoms with Gasteiger partial charge in [-0.05, 0) is 67.8 Å². The molecule has 0 saturated carbocycles. The van der Waals surface area contributed by atoms with Gasteiger partial charge in [-0.1, -0.05) is 46.5 Å². The molecular formula is C28H41N3O3. The predicted molar refractivity (Wildman–Crippen MR) is 141 cm³/mol. The Kier molecular flexibility index (Phi) is 12.6. The van der Waals surface area contributed by atoms with Gasteiger partial charge in [-0.25, -0.2) is 0 Å². The van der Waals surface area contributed by atoms with Gasteiger partial charge in [-0.2, -0.15) is 0 Å². The lowest BCUT2D eigenvalue weighted by Crippen LogP contribution is -2.32. The summed E-state index contributed by atoms with van der Waals surface area (Å²) in [5, 5.41) is 5.99. The molecular weight excluding hydrogens is 426 g/mol. The van der Waals surface area contributed by atoms with Crippen molar-refractivity contribution in [3.63, 3.8) is 0 Å². The van der Waals surface area contributed by atoms with Crippen LogP contribution in [-0.4, -0.2) is 43.0 Å². The number of anilines is 2. The minimum atomic E-state index is -0.148. The van der Waals surface area contributed by atoms with Gasteiger partial charge in [0.25, 0.3) is 5.91 Å². The number of ether oxygens (including phenoxy) is 1. The molecule has 2 N–H and O–H groups in total. The van der Waals surface area contributed by atoms with Crippen LogP contribution in [0.3, 0.4) is 0 Å². The number of hydrogen-bond acceptors (Lipinski definition) is 4. The Morgan fingerprint density at radius 3 is 2.00 bits per heavy atom. The first kappa shape index (κ1) is 27.2. The molecule has 0 aliphatic rings. The van der Waals surface area contributed by atoms with E-state index < -0.39 is 0 Å². The molecule has 0 saturated heterocycles. The fraction of sp³-hybridized carbons (Fsp3) is 0.500. The molecule has 0 aliphatic heterocycles. The zero-order valence-corrected chi connectivity index (χ0v) is 21.1. The molecule has 0 unspecified atom stereocenters. The number of unbranched alkanes of at least 4 members (excludes halogenated alkanes) is 4. The standard InChI is InChI=1S/C28H41N3O3/c1-4-7-8-9-10-21-34-26-17-15-24(16-18-26)29-22-27(32)30-25-13-11-23(12-14-25)28(33)31(19-5-2)20-6-3/h11-18,29H,4-10,19-22H2,1-3H3,(H,30,32). The van der Waals surface area contributed by atoms with Gasteiger partial charge in [-0.3, -0.25) is 9.59 Å². The van der Waals surface area contributed by atoms with E-state index in [9.17, 15) is 9.59 Å². The summed E-state index contributed by atoms with van der Waals surface area (Å²) in [4.78, 5) is 26.9. The van der Waals surface area contributed by atoms with E-state index in [1.165, 1.54) is 25.7 Å². The van der Waals surface area contributed by atoms with Crippen LogP contribution in [0.2, 0.25) is 0 Å². The summed E-state index contributed by atoms with van der Waals surface area (Å²) in [5.41, 5.74) is 2.17. The Labute approximate surface area is 205 Å². The van der Waals surface area contributed by atoms with Gasteiger partial charge in [0.2, 0.25) is 5.91 Å².